The van der Waals surface area contributed by atoms with Gasteiger partial charge in [0, 0.05) is 28.9 Å². The van der Waals surface area contributed by atoms with Crippen LogP contribution in [0.5, 0.6) is 0 Å². The molecule has 2 unspecified atom stereocenters. The number of nitrogens with one attached hydrogen (secondary N) is 1. The molecule has 1 rings (SSSR count). The van der Waals surface area contributed by atoms with Crippen LogP contribution in [0, 0.1) is 11.3 Å². The molecule has 0 saturated heterocycles. The zero-order valence-corrected chi connectivity index (χ0v) is 11.8. The summed E-state index contributed by atoms with van der Waals surface area (Å²) in [5, 5.41) is 11.5. The van der Waals surface area contributed by atoms with Crippen LogP contribution in [-0.2, 0) is 17.0 Å². The van der Waals surface area contributed by atoms with Gasteiger partial charge in [-0.1, -0.05) is 6.92 Å². The zero-order chi connectivity index (χ0) is 15.3. The van der Waals surface area contributed by atoms with Gasteiger partial charge in [-0.05, 0) is 18.6 Å². The Hall–Kier alpha value is -1.62. The summed E-state index contributed by atoms with van der Waals surface area (Å²) >= 11 is 0. The first-order valence-corrected chi connectivity index (χ1v) is 7.42. The summed E-state index contributed by atoms with van der Waals surface area (Å²) in [5.74, 6) is -0.101. The number of rotatable bonds is 5. The molecule has 0 amide bonds. The molecule has 1 N–H and O–H groups in total. The number of hydrogen-bond donors (Lipinski definition) is 1. The molecule has 0 aliphatic heterocycles. The zero-order valence-electron chi connectivity index (χ0n) is 11.0. The smallest absolute Gasteiger partial charge is 0.369 e. The van der Waals surface area contributed by atoms with E-state index in [0.29, 0.717) is 13.0 Å². The van der Waals surface area contributed by atoms with Crippen molar-refractivity contribution in [3.8, 4) is 6.07 Å². The monoisotopic (exact) mass is 305 g/mol. The largest absolute Gasteiger partial charge is 0.433 e. The molecule has 0 fully saturated rings. The number of alkyl halides is 3. The molecule has 8 heteroatoms. The lowest BCUT2D eigenvalue weighted by molar-refractivity contribution is -0.141. The molecule has 1 aromatic heterocycles. The Morgan fingerprint density at radius 2 is 2.15 bits per heavy atom. The van der Waals surface area contributed by atoms with Crippen molar-refractivity contribution in [1.29, 1.82) is 5.26 Å². The summed E-state index contributed by atoms with van der Waals surface area (Å²) < 4.78 is 48.8. The second-order valence-corrected chi connectivity index (χ2v) is 6.03. The number of aromatic nitrogens is 1. The highest BCUT2D eigenvalue weighted by atomic mass is 32.2. The van der Waals surface area contributed by atoms with Crippen LogP contribution in [0.15, 0.2) is 12.1 Å². The van der Waals surface area contributed by atoms with Crippen LogP contribution in [0.1, 0.15) is 24.6 Å². The molecule has 0 saturated carbocycles. The van der Waals surface area contributed by atoms with E-state index in [1.54, 1.807) is 19.2 Å². The van der Waals surface area contributed by atoms with E-state index in [-0.39, 0.29) is 16.6 Å². The van der Waals surface area contributed by atoms with Crippen LogP contribution < -0.4 is 5.32 Å². The van der Waals surface area contributed by atoms with Gasteiger partial charge in [0.2, 0.25) is 0 Å². The quantitative estimate of drug-likeness (QED) is 0.908. The SMILES string of the molecule is CC(CCNc1nc(C(F)(F)F)ccc1C#N)S(C)=O. The minimum atomic E-state index is -4.55. The second-order valence-electron chi connectivity index (χ2n) is 4.23. The van der Waals surface area contributed by atoms with E-state index in [4.69, 9.17) is 5.26 Å². The van der Waals surface area contributed by atoms with Crippen molar-refractivity contribution in [2.75, 3.05) is 18.1 Å². The molecule has 0 bridgehead atoms. The predicted octanol–water partition coefficient (Wildman–Crippen LogP) is 2.54. The molecule has 4 nitrogen and oxygen atoms in total. The number of hydrogen-bond acceptors (Lipinski definition) is 4. The Bertz CT molecular complexity index is 540. The third-order valence-electron chi connectivity index (χ3n) is 2.72. The van der Waals surface area contributed by atoms with Crippen molar-refractivity contribution < 1.29 is 17.4 Å². The van der Waals surface area contributed by atoms with Gasteiger partial charge in [-0.2, -0.15) is 18.4 Å². The van der Waals surface area contributed by atoms with E-state index in [0.717, 1.165) is 12.1 Å². The normalized spacial score (nSPS) is 14.4. The average Bonchev–Trinajstić information content (AvgIpc) is 2.37. The van der Waals surface area contributed by atoms with Crippen molar-refractivity contribution in [1.82, 2.24) is 4.98 Å². The lowest BCUT2D eigenvalue weighted by atomic mass is 10.2. The van der Waals surface area contributed by atoms with Gasteiger partial charge in [0.05, 0.1) is 5.56 Å². The minimum absolute atomic E-state index is 0.0447. The predicted molar refractivity (Wildman–Crippen MR) is 70.6 cm³/mol. The number of nitrogens with zero attached hydrogens (tertiary/aromatic N) is 2. The Kier molecular flexibility index (Phi) is 5.51. The van der Waals surface area contributed by atoms with E-state index >= 15 is 0 Å². The molecule has 1 heterocycles. The maximum absolute atomic E-state index is 12.5. The Balaban J connectivity index is 2.83. The number of anilines is 1. The highest BCUT2D eigenvalue weighted by Gasteiger charge is 2.33. The lowest BCUT2D eigenvalue weighted by Gasteiger charge is -2.12. The molecule has 0 radical (unpaired) electrons. The van der Waals surface area contributed by atoms with Gasteiger partial charge in [-0.25, -0.2) is 4.98 Å². The molecule has 20 heavy (non-hydrogen) atoms. The van der Waals surface area contributed by atoms with Gasteiger partial charge in [-0.15, -0.1) is 0 Å². The lowest BCUT2D eigenvalue weighted by Crippen LogP contribution is -2.17. The van der Waals surface area contributed by atoms with Crippen molar-refractivity contribution >= 4 is 16.6 Å². The van der Waals surface area contributed by atoms with Gasteiger partial charge < -0.3 is 5.32 Å². The van der Waals surface area contributed by atoms with E-state index in [2.05, 4.69) is 10.3 Å². The van der Waals surface area contributed by atoms with Crippen molar-refractivity contribution in [3.05, 3.63) is 23.4 Å². The van der Waals surface area contributed by atoms with Crippen LogP contribution in [0.4, 0.5) is 19.0 Å². The number of pyridine rings is 1. The summed E-state index contributed by atoms with van der Waals surface area (Å²) in [6.45, 7) is 2.08. The summed E-state index contributed by atoms with van der Waals surface area (Å²) in [5.41, 5.74) is -1.01. The first-order chi connectivity index (χ1) is 9.25. The van der Waals surface area contributed by atoms with Gasteiger partial charge in [0.15, 0.2) is 0 Å². The number of halogens is 3. The van der Waals surface area contributed by atoms with Crippen LogP contribution in [0.2, 0.25) is 0 Å². The third-order valence-corrected chi connectivity index (χ3v) is 4.09. The summed E-state index contributed by atoms with van der Waals surface area (Å²) in [6, 6.07) is 3.64. The molecule has 0 aliphatic rings. The van der Waals surface area contributed by atoms with Gasteiger partial charge in [0.25, 0.3) is 0 Å². The summed E-state index contributed by atoms with van der Waals surface area (Å²) in [4.78, 5) is 3.42. The molecular formula is C12H14F3N3OS. The maximum Gasteiger partial charge on any atom is 0.433 e. The molecular weight excluding hydrogens is 291 g/mol. The second kappa shape index (κ2) is 6.70. The van der Waals surface area contributed by atoms with E-state index < -0.39 is 22.7 Å². The van der Waals surface area contributed by atoms with Gasteiger partial charge >= 0.3 is 6.18 Å². The fraction of sp³-hybridized carbons (Fsp3) is 0.500. The first-order valence-electron chi connectivity index (χ1n) is 5.80. The van der Waals surface area contributed by atoms with Crippen molar-refractivity contribution in [2.45, 2.75) is 24.8 Å². The maximum atomic E-state index is 12.5. The molecule has 0 aliphatic carbocycles. The van der Waals surface area contributed by atoms with E-state index in [9.17, 15) is 17.4 Å². The first kappa shape index (κ1) is 16.4. The molecule has 1 aromatic rings. The van der Waals surface area contributed by atoms with Crippen LogP contribution in [0.3, 0.4) is 0 Å². The van der Waals surface area contributed by atoms with Gasteiger partial charge in [-0.3, -0.25) is 4.21 Å². The summed E-state index contributed by atoms with van der Waals surface area (Å²) in [7, 11) is -0.999. The Morgan fingerprint density at radius 3 is 2.65 bits per heavy atom. The highest BCUT2D eigenvalue weighted by molar-refractivity contribution is 7.84. The standard InChI is InChI=1S/C12H14F3N3OS/c1-8(20(2)19)5-6-17-11-9(7-16)3-4-10(18-11)12(13,14)15/h3-4,8H,5-6H2,1-2H3,(H,17,18). The Morgan fingerprint density at radius 1 is 1.50 bits per heavy atom. The van der Waals surface area contributed by atoms with E-state index in [1.165, 1.54) is 0 Å². The topological polar surface area (TPSA) is 65.8 Å². The van der Waals surface area contributed by atoms with Crippen LogP contribution >= 0.6 is 0 Å². The van der Waals surface area contributed by atoms with Gasteiger partial charge in [0.1, 0.15) is 17.6 Å². The highest BCUT2D eigenvalue weighted by Crippen LogP contribution is 2.29. The van der Waals surface area contributed by atoms with Crippen molar-refractivity contribution in [3.63, 3.8) is 0 Å². The summed E-state index contributed by atoms with van der Waals surface area (Å²) in [6.07, 6.45) is -2.48. The fourth-order valence-electron chi connectivity index (χ4n) is 1.40. The minimum Gasteiger partial charge on any atom is -0.369 e. The fourth-order valence-corrected chi connectivity index (χ4v) is 1.85. The number of nitriles is 1. The molecule has 0 spiro atoms. The van der Waals surface area contributed by atoms with E-state index in [1.807, 2.05) is 0 Å². The Labute approximate surface area is 117 Å². The molecule has 2 atom stereocenters. The average molecular weight is 305 g/mol. The van der Waals surface area contributed by atoms with Crippen LogP contribution in [0.25, 0.3) is 0 Å². The molecule has 0 aromatic carbocycles. The third kappa shape index (κ3) is 4.49. The van der Waals surface area contributed by atoms with Crippen molar-refractivity contribution in [2.24, 2.45) is 0 Å². The molecule has 110 valence electrons. The van der Waals surface area contributed by atoms with Crippen LogP contribution in [-0.4, -0.2) is 27.2 Å².